The van der Waals surface area contributed by atoms with Gasteiger partial charge in [0.1, 0.15) is 30.7 Å². The van der Waals surface area contributed by atoms with Crippen LogP contribution in [0, 0.1) is 0 Å². The Morgan fingerprint density at radius 3 is 1.83 bits per heavy atom. The van der Waals surface area contributed by atoms with Crippen LogP contribution in [0.1, 0.15) is 193 Å². The fourth-order valence-electron chi connectivity index (χ4n) is 7.58. The normalized spacial score (nSPS) is 19.4. The number of aromatic nitrogens is 2. The van der Waals surface area contributed by atoms with Gasteiger partial charge in [0.15, 0.2) is 18.1 Å². The number of phosphoric acid groups is 2. The third-order valence-corrected chi connectivity index (χ3v) is 14.3. The zero-order valence-corrected chi connectivity index (χ0v) is 44.1. The lowest BCUT2D eigenvalue weighted by Crippen LogP contribution is -2.36. The van der Waals surface area contributed by atoms with Gasteiger partial charge in [-0.2, -0.15) is 9.29 Å². The lowest BCUT2D eigenvalue weighted by Gasteiger charge is -2.21. The Balaban J connectivity index is 1.81. The van der Waals surface area contributed by atoms with E-state index in [1.165, 1.54) is 44.6 Å². The summed E-state index contributed by atoms with van der Waals surface area (Å²) < 4.78 is 56.7. The molecule has 6 N–H and O–H groups in total. The van der Waals surface area contributed by atoms with Gasteiger partial charge in [0.25, 0.3) is 0 Å². The summed E-state index contributed by atoms with van der Waals surface area (Å²) in [4.78, 5) is 73.7. The average Bonchev–Trinajstić information content (AvgIpc) is 3.60. The highest BCUT2D eigenvalue weighted by molar-refractivity contribution is 7.61. The van der Waals surface area contributed by atoms with E-state index in [2.05, 4.69) is 35.3 Å². The van der Waals surface area contributed by atoms with Crippen molar-refractivity contribution in [2.24, 2.45) is 0 Å². The van der Waals surface area contributed by atoms with Gasteiger partial charge in [-0.1, -0.05) is 141 Å². The number of esters is 2. The number of phosphoric ester groups is 2. The minimum absolute atomic E-state index is 0.0280. The molecule has 7 atom stereocenters. The first-order chi connectivity index (χ1) is 34.1. The second-order valence-corrected chi connectivity index (χ2v) is 21.1. The number of aliphatic hydroxyl groups excluding tert-OH is 2. The molecule has 0 bridgehead atoms. The number of nitrogens with zero attached hydrogens (tertiary/aromatic N) is 2. The molecule has 2 unspecified atom stereocenters. The highest BCUT2D eigenvalue weighted by Crippen LogP contribution is 2.60. The van der Waals surface area contributed by atoms with Crippen molar-refractivity contribution in [3.05, 3.63) is 59.2 Å². The van der Waals surface area contributed by atoms with Crippen molar-refractivity contribution < 1.29 is 71.1 Å². The molecule has 1 aliphatic heterocycles. The smallest absolute Gasteiger partial charge is 0.462 e. The number of unbranched alkanes of at least 4 members (excludes halogenated alkanes) is 20. The van der Waals surface area contributed by atoms with Gasteiger partial charge in [-0.25, -0.2) is 13.9 Å². The number of anilines is 1. The zero-order valence-electron chi connectivity index (χ0n) is 42.3. The second-order valence-electron chi connectivity index (χ2n) is 18.1. The van der Waals surface area contributed by atoms with Gasteiger partial charge in [-0.3, -0.25) is 28.0 Å². The third-order valence-electron chi connectivity index (χ3n) is 11.7. The van der Waals surface area contributed by atoms with E-state index in [-0.39, 0.29) is 24.4 Å². The van der Waals surface area contributed by atoms with Crippen LogP contribution >= 0.6 is 15.6 Å². The second kappa shape index (κ2) is 38.3. The standard InChI is InChI=1S/C50H85N3O16P2/c1-3-5-7-8-9-10-11-12-13-14-15-16-17-20-24-27-31-35-46(56)67-42(38-64-45(55)34-30-26-23-21-18-19-22-25-29-33-41(54)32-28-6-4-2)39-65-70(60,61)69-71(62,63)66-40-43-47(57)48(58)49(68-43)53-37-36-44(51)52-50(53)59/h12-13,22,25,29,33,36-37,42-43,47-49,57-58H,3-11,14-21,23-24,26-28,30-32,34-35,38-40H2,1-2H3,(H,60,61)(H,62,63)(H2,51,52,59)/b13-12-,25-22-,33-29+/t42-,43-,47-,48-,49-/m1/s1. The molecule has 0 amide bonds. The van der Waals surface area contributed by atoms with Gasteiger partial charge in [0, 0.05) is 25.5 Å². The molecule has 2 heterocycles. The highest BCUT2D eigenvalue weighted by atomic mass is 31.3. The van der Waals surface area contributed by atoms with Gasteiger partial charge >= 0.3 is 33.3 Å². The number of carbonyl (C=O) groups is 3. The summed E-state index contributed by atoms with van der Waals surface area (Å²) in [6, 6.07) is 1.24. The lowest BCUT2D eigenvalue weighted by atomic mass is 10.1. The number of carbonyl (C=O) groups excluding carboxylic acids is 3. The highest BCUT2D eigenvalue weighted by Gasteiger charge is 2.46. The van der Waals surface area contributed by atoms with E-state index in [1.54, 1.807) is 12.2 Å². The predicted molar refractivity (Wildman–Crippen MR) is 271 cm³/mol. The van der Waals surface area contributed by atoms with Crippen molar-refractivity contribution in [3.8, 4) is 0 Å². The molecular weight excluding hydrogens is 961 g/mol. The molecule has 0 aromatic carbocycles. The van der Waals surface area contributed by atoms with Crippen LogP contribution in [-0.2, 0) is 51.1 Å². The summed E-state index contributed by atoms with van der Waals surface area (Å²) in [6.45, 7) is 1.97. The van der Waals surface area contributed by atoms with E-state index in [0.717, 1.165) is 113 Å². The van der Waals surface area contributed by atoms with E-state index >= 15 is 0 Å². The molecular formula is C50H85N3O16P2. The number of rotatable bonds is 43. The van der Waals surface area contributed by atoms with E-state index < -0.39 is 83.7 Å². The van der Waals surface area contributed by atoms with Crippen LogP contribution in [0.15, 0.2) is 53.5 Å². The molecule has 1 fully saturated rings. The Hall–Kier alpha value is -3.35. The van der Waals surface area contributed by atoms with Crippen molar-refractivity contribution in [2.45, 2.75) is 218 Å². The van der Waals surface area contributed by atoms with E-state index in [0.29, 0.717) is 19.3 Å². The number of ketones is 1. The van der Waals surface area contributed by atoms with Crippen LogP contribution in [0.3, 0.4) is 0 Å². The monoisotopic (exact) mass is 1050 g/mol. The fourth-order valence-corrected chi connectivity index (χ4v) is 9.69. The predicted octanol–water partition coefficient (Wildman–Crippen LogP) is 9.96. The third kappa shape index (κ3) is 31.1. The molecule has 0 radical (unpaired) electrons. The van der Waals surface area contributed by atoms with Crippen LogP contribution < -0.4 is 11.4 Å². The molecule has 2 rings (SSSR count). The van der Waals surface area contributed by atoms with Gasteiger partial charge in [-0.15, -0.1) is 0 Å². The molecule has 1 aromatic heterocycles. The molecule has 0 aliphatic carbocycles. The Morgan fingerprint density at radius 1 is 0.704 bits per heavy atom. The van der Waals surface area contributed by atoms with Crippen molar-refractivity contribution in [1.82, 2.24) is 9.55 Å². The molecule has 406 valence electrons. The summed E-state index contributed by atoms with van der Waals surface area (Å²) in [5.41, 5.74) is 4.58. The number of aliphatic hydroxyl groups is 2. The molecule has 19 nitrogen and oxygen atoms in total. The van der Waals surface area contributed by atoms with Crippen molar-refractivity contribution in [1.29, 1.82) is 0 Å². The largest absolute Gasteiger partial charge is 0.481 e. The molecule has 1 aromatic rings. The van der Waals surface area contributed by atoms with Crippen LogP contribution in [0.5, 0.6) is 0 Å². The first-order valence-corrected chi connectivity index (χ1v) is 28.9. The molecule has 21 heteroatoms. The summed E-state index contributed by atoms with van der Waals surface area (Å²) in [6.07, 6.45) is 30.5. The van der Waals surface area contributed by atoms with Gasteiger partial charge in [-0.05, 0) is 69.9 Å². The van der Waals surface area contributed by atoms with Crippen molar-refractivity contribution >= 4 is 39.2 Å². The minimum atomic E-state index is -5.44. The van der Waals surface area contributed by atoms with Crippen LogP contribution in [0.25, 0.3) is 0 Å². The van der Waals surface area contributed by atoms with Crippen molar-refractivity contribution in [3.63, 3.8) is 0 Å². The number of nitrogen functional groups attached to an aromatic ring is 1. The van der Waals surface area contributed by atoms with Crippen LogP contribution in [0.4, 0.5) is 5.82 Å². The molecule has 1 aliphatic rings. The summed E-state index contributed by atoms with van der Waals surface area (Å²) in [5, 5.41) is 20.9. The Morgan fingerprint density at radius 2 is 1.23 bits per heavy atom. The number of nitrogens with two attached hydrogens (primary N) is 1. The molecule has 0 spiro atoms. The SMILES string of the molecule is CCCCCCCC/C=C\CCCCCCCCCC(=O)O[C@H](COC(=O)CCCCCCC/C=C\C=C\C(=O)CCCCC)COP(=O)(O)OP(=O)(O)OC[C@H]1O[C@@H](n2ccc(N)nc2=O)[C@H](O)[C@@H]1O. The molecule has 0 saturated carbocycles. The lowest BCUT2D eigenvalue weighted by molar-refractivity contribution is -0.161. The van der Waals surface area contributed by atoms with Gasteiger partial charge < -0.3 is 39.9 Å². The minimum Gasteiger partial charge on any atom is -0.462 e. The zero-order chi connectivity index (χ0) is 52.2. The summed E-state index contributed by atoms with van der Waals surface area (Å²) in [5.74, 6) is -1.23. The number of hydrogen-bond donors (Lipinski definition) is 5. The van der Waals surface area contributed by atoms with Gasteiger partial charge in [0.05, 0.1) is 13.2 Å². The summed E-state index contributed by atoms with van der Waals surface area (Å²) in [7, 11) is -10.9. The first-order valence-electron chi connectivity index (χ1n) is 26.0. The van der Waals surface area contributed by atoms with E-state index in [1.807, 2.05) is 12.2 Å². The maximum Gasteiger partial charge on any atom is 0.481 e. The van der Waals surface area contributed by atoms with E-state index in [9.17, 15) is 48.3 Å². The molecule has 71 heavy (non-hydrogen) atoms. The molecule has 1 saturated heterocycles. The van der Waals surface area contributed by atoms with Crippen LogP contribution in [-0.4, -0.2) is 91.5 Å². The fraction of sp³-hybridized carbons (Fsp3) is 0.740. The number of ether oxygens (including phenoxy) is 3. The Bertz CT molecular complexity index is 1890. The average molecular weight is 1050 g/mol. The topological polar surface area (TPSA) is 283 Å². The quantitative estimate of drug-likeness (QED) is 0.0102. The number of allylic oxidation sites excluding steroid dienone is 6. The summed E-state index contributed by atoms with van der Waals surface area (Å²) >= 11 is 0. The maximum atomic E-state index is 12.9. The maximum absolute atomic E-state index is 12.9. The van der Waals surface area contributed by atoms with Gasteiger partial charge in [0.2, 0.25) is 0 Å². The Labute approximate surface area is 421 Å². The first kappa shape index (κ1) is 63.8. The van der Waals surface area contributed by atoms with E-state index in [4.69, 9.17) is 29.0 Å². The van der Waals surface area contributed by atoms with Crippen molar-refractivity contribution in [2.75, 3.05) is 25.6 Å². The number of hydrogen-bond acceptors (Lipinski definition) is 16. The van der Waals surface area contributed by atoms with Crippen LogP contribution in [0.2, 0.25) is 0 Å². The Kier molecular flexibility index (Phi) is 34.4.